The minimum absolute atomic E-state index is 0.618. The first kappa shape index (κ1) is 12.8. The molecule has 0 N–H and O–H groups in total. The minimum Gasteiger partial charge on any atom is -0.491 e. The lowest BCUT2D eigenvalue weighted by atomic mass is 9.92. The van der Waals surface area contributed by atoms with Gasteiger partial charge in [0.1, 0.15) is 12.4 Å². The predicted molar refractivity (Wildman–Crippen MR) is 73.3 cm³/mol. The highest BCUT2D eigenvalue weighted by Gasteiger charge is 2.09. The summed E-state index contributed by atoms with van der Waals surface area (Å²) in [6.07, 6.45) is 5.05. The van der Waals surface area contributed by atoms with Crippen LogP contribution in [0.1, 0.15) is 24.0 Å². The van der Waals surface area contributed by atoms with E-state index in [-0.39, 0.29) is 0 Å². The molecular weight excluding hydrogens is 232 g/mol. The largest absolute Gasteiger partial charge is 0.491 e. The van der Waals surface area contributed by atoms with Crippen molar-refractivity contribution in [2.45, 2.75) is 25.7 Å². The van der Waals surface area contributed by atoms with Crippen LogP contribution in [0.25, 0.3) is 0 Å². The van der Waals surface area contributed by atoms with Gasteiger partial charge in [-0.1, -0.05) is 6.07 Å². The first-order valence-corrected chi connectivity index (χ1v) is 6.96. The second-order valence-electron chi connectivity index (χ2n) is 4.32. The third-order valence-corrected chi connectivity index (χ3v) is 3.23. The fourth-order valence-corrected chi connectivity index (χ4v) is 2.31. The molecule has 0 aromatic heterocycles. The molecule has 2 nitrogen and oxygen atoms in total. The lowest BCUT2D eigenvalue weighted by Gasteiger charge is -2.16. The number of aryl methyl sites for hydroxylation is 2. The lowest BCUT2D eigenvalue weighted by molar-refractivity contribution is 0.112. The Kier molecular flexibility index (Phi) is 5.20. The fraction of sp³-hybridized carbons (Fsp3) is 0.571. The molecule has 94 valence electrons. The van der Waals surface area contributed by atoms with Gasteiger partial charge in [-0.3, -0.25) is 0 Å². The number of rotatable bonds is 6. The van der Waals surface area contributed by atoms with E-state index in [1.54, 1.807) is 0 Å². The molecule has 1 aromatic rings. The van der Waals surface area contributed by atoms with E-state index in [9.17, 15) is 0 Å². The van der Waals surface area contributed by atoms with Gasteiger partial charge in [0.05, 0.1) is 13.2 Å². The Morgan fingerprint density at radius 2 is 1.82 bits per heavy atom. The molecule has 1 aliphatic carbocycles. The monoisotopic (exact) mass is 252 g/mol. The third kappa shape index (κ3) is 3.93. The zero-order chi connectivity index (χ0) is 11.9. The van der Waals surface area contributed by atoms with E-state index in [1.165, 1.54) is 36.8 Å². The van der Waals surface area contributed by atoms with Gasteiger partial charge in [-0.05, 0) is 48.9 Å². The summed E-state index contributed by atoms with van der Waals surface area (Å²) in [5.41, 5.74) is 2.96. The van der Waals surface area contributed by atoms with E-state index in [0.29, 0.717) is 19.8 Å². The summed E-state index contributed by atoms with van der Waals surface area (Å²) in [5.74, 6) is 1.74. The zero-order valence-electron chi connectivity index (χ0n) is 10.2. The molecule has 0 heterocycles. The molecule has 0 spiro atoms. The Morgan fingerprint density at radius 3 is 2.65 bits per heavy atom. The molecule has 1 aliphatic rings. The highest BCUT2D eigenvalue weighted by Crippen LogP contribution is 2.25. The van der Waals surface area contributed by atoms with Crippen molar-refractivity contribution in [2.75, 3.05) is 25.6 Å². The van der Waals surface area contributed by atoms with Crippen molar-refractivity contribution in [3.8, 4) is 5.75 Å². The van der Waals surface area contributed by atoms with E-state index >= 15 is 0 Å². The molecule has 0 atom stereocenters. The Balaban J connectivity index is 1.81. The molecule has 0 aliphatic heterocycles. The summed E-state index contributed by atoms with van der Waals surface area (Å²) in [6.45, 7) is 1.95. The minimum atomic E-state index is 0.618. The Hall–Kier alpha value is -0.670. The highest BCUT2D eigenvalue weighted by atomic mass is 32.1. The summed E-state index contributed by atoms with van der Waals surface area (Å²) >= 11 is 4.08. The zero-order valence-corrected chi connectivity index (χ0v) is 11.0. The molecule has 1 aromatic carbocycles. The first-order chi connectivity index (χ1) is 8.40. The maximum atomic E-state index is 5.67. The summed E-state index contributed by atoms with van der Waals surface area (Å²) < 4.78 is 11.0. The predicted octanol–water partition coefficient (Wildman–Crippen LogP) is 2.89. The van der Waals surface area contributed by atoms with Crippen LogP contribution in [0.2, 0.25) is 0 Å². The van der Waals surface area contributed by atoms with Crippen molar-refractivity contribution >= 4 is 12.6 Å². The van der Waals surface area contributed by atoms with Gasteiger partial charge in [-0.15, -0.1) is 0 Å². The SMILES string of the molecule is SCCOCCOc1ccc2c(c1)CCCC2. The molecule has 0 fully saturated rings. The van der Waals surface area contributed by atoms with Crippen LogP contribution in [0.15, 0.2) is 18.2 Å². The van der Waals surface area contributed by atoms with Crippen LogP contribution in [-0.2, 0) is 17.6 Å². The van der Waals surface area contributed by atoms with Gasteiger partial charge in [0.2, 0.25) is 0 Å². The quantitative estimate of drug-likeness (QED) is 0.620. The first-order valence-electron chi connectivity index (χ1n) is 6.33. The average Bonchev–Trinajstić information content (AvgIpc) is 2.38. The van der Waals surface area contributed by atoms with E-state index < -0.39 is 0 Å². The Morgan fingerprint density at radius 1 is 1.00 bits per heavy atom. The van der Waals surface area contributed by atoms with Crippen LogP contribution in [0.5, 0.6) is 5.75 Å². The second-order valence-corrected chi connectivity index (χ2v) is 4.77. The topological polar surface area (TPSA) is 18.5 Å². The average molecular weight is 252 g/mol. The molecular formula is C14H20O2S. The number of hydrogen-bond acceptors (Lipinski definition) is 3. The van der Waals surface area contributed by atoms with Crippen molar-refractivity contribution in [3.63, 3.8) is 0 Å². The van der Waals surface area contributed by atoms with Crippen molar-refractivity contribution in [3.05, 3.63) is 29.3 Å². The molecule has 0 saturated heterocycles. The van der Waals surface area contributed by atoms with E-state index in [2.05, 4.69) is 30.8 Å². The van der Waals surface area contributed by atoms with Crippen molar-refractivity contribution in [1.29, 1.82) is 0 Å². The number of fused-ring (bicyclic) bond motifs is 1. The summed E-state index contributed by atoms with van der Waals surface area (Å²) in [5, 5.41) is 0. The van der Waals surface area contributed by atoms with Crippen LogP contribution in [0, 0.1) is 0 Å². The summed E-state index contributed by atoms with van der Waals surface area (Å²) in [7, 11) is 0. The smallest absolute Gasteiger partial charge is 0.119 e. The van der Waals surface area contributed by atoms with E-state index in [0.717, 1.165) is 11.5 Å². The van der Waals surface area contributed by atoms with Gasteiger partial charge in [-0.2, -0.15) is 12.6 Å². The molecule has 0 bridgehead atoms. The van der Waals surface area contributed by atoms with Gasteiger partial charge in [0.25, 0.3) is 0 Å². The molecule has 17 heavy (non-hydrogen) atoms. The number of thiol groups is 1. The number of hydrogen-bond donors (Lipinski definition) is 1. The van der Waals surface area contributed by atoms with Gasteiger partial charge >= 0.3 is 0 Å². The van der Waals surface area contributed by atoms with Gasteiger partial charge in [0, 0.05) is 5.75 Å². The van der Waals surface area contributed by atoms with Gasteiger partial charge in [0.15, 0.2) is 0 Å². The van der Waals surface area contributed by atoms with Crippen LogP contribution >= 0.6 is 12.6 Å². The van der Waals surface area contributed by atoms with E-state index in [4.69, 9.17) is 9.47 Å². The molecule has 0 saturated carbocycles. The summed E-state index contributed by atoms with van der Waals surface area (Å²) in [6, 6.07) is 6.47. The highest BCUT2D eigenvalue weighted by molar-refractivity contribution is 7.80. The molecule has 2 rings (SSSR count). The normalized spacial score (nSPS) is 14.4. The molecule has 0 radical (unpaired) electrons. The Labute approximate surface area is 109 Å². The van der Waals surface area contributed by atoms with Crippen molar-refractivity contribution in [1.82, 2.24) is 0 Å². The second kappa shape index (κ2) is 6.92. The van der Waals surface area contributed by atoms with Gasteiger partial charge < -0.3 is 9.47 Å². The lowest BCUT2D eigenvalue weighted by Crippen LogP contribution is -2.09. The molecule has 0 amide bonds. The summed E-state index contributed by atoms with van der Waals surface area (Å²) in [4.78, 5) is 0. The van der Waals surface area contributed by atoms with Crippen molar-refractivity contribution in [2.24, 2.45) is 0 Å². The van der Waals surface area contributed by atoms with Crippen molar-refractivity contribution < 1.29 is 9.47 Å². The van der Waals surface area contributed by atoms with Crippen LogP contribution in [-0.4, -0.2) is 25.6 Å². The maximum absolute atomic E-state index is 5.67. The molecule has 0 unspecified atom stereocenters. The standard InChI is InChI=1S/C14H20O2S/c17-10-9-15-7-8-16-14-6-5-12-3-1-2-4-13(12)11-14/h5-6,11,17H,1-4,7-10H2. The van der Waals surface area contributed by atoms with Gasteiger partial charge in [-0.25, -0.2) is 0 Å². The van der Waals surface area contributed by atoms with E-state index in [1.807, 2.05) is 0 Å². The van der Waals surface area contributed by atoms with Crippen LogP contribution in [0.4, 0.5) is 0 Å². The fourth-order valence-electron chi connectivity index (χ4n) is 2.18. The number of ether oxygens (including phenoxy) is 2. The Bertz CT molecular complexity index is 352. The van der Waals surface area contributed by atoms with Crippen LogP contribution in [0.3, 0.4) is 0 Å². The van der Waals surface area contributed by atoms with Crippen LogP contribution < -0.4 is 4.74 Å². The third-order valence-electron chi connectivity index (χ3n) is 3.05. The number of benzene rings is 1. The molecule has 3 heteroatoms. The maximum Gasteiger partial charge on any atom is 0.119 e.